The number of hydrogen-bond acceptors (Lipinski definition) is 2. The van der Waals surface area contributed by atoms with Crippen molar-refractivity contribution in [2.45, 2.75) is 19.8 Å². The molecular formula is C8H10F2N2O. The number of amidine groups is 1. The van der Waals surface area contributed by atoms with Gasteiger partial charge in [-0.3, -0.25) is 4.79 Å². The highest BCUT2D eigenvalue weighted by molar-refractivity contribution is 5.92. The van der Waals surface area contributed by atoms with Crippen LogP contribution in [0.15, 0.2) is 21.8 Å². The van der Waals surface area contributed by atoms with Crippen molar-refractivity contribution in [3.8, 4) is 0 Å². The highest BCUT2D eigenvalue weighted by Gasteiger charge is 2.28. The molecule has 13 heavy (non-hydrogen) atoms. The Bertz CT molecular complexity index is 264. The quantitative estimate of drug-likeness (QED) is 0.288. The third-order valence-corrected chi connectivity index (χ3v) is 1.12. The molecule has 3 nitrogen and oxygen atoms in total. The van der Waals surface area contributed by atoms with E-state index in [1.807, 2.05) is 0 Å². The zero-order valence-electron chi connectivity index (χ0n) is 7.42. The number of nitrogens with zero attached hydrogens (tertiary/aromatic N) is 2. The number of aliphatic imine (C=N–C) groups is 2. The lowest BCUT2D eigenvalue weighted by Crippen LogP contribution is -2.21. The first kappa shape index (κ1) is 11.6. The zero-order chi connectivity index (χ0) is 10.5. The maximum atomic E-state index is 12.6. The van der Waals surface area contributed by atoms with Gasteiger partial charge in [0.15, 0.2) is 5.84 Å². The van der Waals surface area contributed by atoms with Gasteiger partial charge in [-0.25, -0.2) is 9.98 Å². The second-order valence-electron chi connectivity index (χ2n) is 2.49. The second kappa shape index (κ2) is 4.59. The van der Waals surface area contributed by atoms with Crippen LogP contribution in [0.25, 0.3) is 0 Å². The Morgan fingerprint density at radius 2 is 2.08 bits per heavy atom. The first-order valence-electron chi connectivity index (χ1n) is 3.46. The van der Waals surface area contributed by atoms with Gasteiger partial charge in [-0.2, -0.15) is 8.78 Å². The molecule has 0 atom stereocenters. The summed E-state index contributed by atoms with van der Waals surface area (Å²) in [5.41, 5.74) is 0.241. The van der Waals surface area contributed by atoms with Crippen LogP contribution in [0.5, 0.6) is 0 Å². The van der Waals surface area contributed by atoms with Crippen molar-refractivity contribution in [2.75, 3.05) is 0 Å². The van der Waals surface area contributed by atoms with Crippen LogP contribution in [0, 0.1) is 0 Å². The van der Waals surface area contributed by atoms with Crippen molar-refractivity contribution in [3.63, 3.8) is 0 Å². The van der Waals surface area contributed by atoms with E-state index in [0.29, 0.717) is 13.2 Å². The van der Waals surface area contributed by atoms with E-state index in [-0.39, 0.29) is 5.57 Å². The Hall–Kier alpha value is -1.39. The molecule has 0 unspecified atom stereocenters. The average Bonchev–Trinajstić information content (AvgIpc) is 2.02. The smallest absolute Gasteiger partial charge is 0.298 e. The second-order valence-corrected chi connectivity index (χ2v) is 2.49. The van der Waals surface area contributed by atoms with Crippen LogP contribution in [-0.4, -0.2) is 24.8 Å². The summed E-state index contributed by atoms with van der Waals surface area (Å²) in [5.74, 6) is -3.84. The van der Waals surface area contributed by atoms with Gasteiger partial charge in [-0.05, 0) is 13.6 Å². The van der Waals surface area contributed by atoms with E-state index in [1.165, 1.54) is 6.92 Å². The number of halogens is 2. The van der Waals surface area contributed by atoms with Crippen LogP contribution in [0.4, 0.5) is 8.78 Å². The first-order valence-corrected chi connectivity index (χ1v) is 3.46. The van der Waals surface area contributed by atoms with Crippen LogP contribution < -0.4 is 0 Å². The zero-order valence-corrected chi connectivity index (χ0v) is 7.42. The molecule has 0 fully saturated rings. The van der Waals surface area contributed by atoms with Gasteiger partial charge in [-0.1, -0.05) is 0 Å². The lowest BCUT2D eigenvalue weighted by atomic mass is 10.3. The topological polar surface area (TPSA) is 41.8 Å². The Morgan fingerprint density at radius 1 is 1.54 bits per heavy atom. The number of carbonyl (C=O) groups is 1. The molecule has 0 amide bonds. The maximum absolute atomic E-state index is 12.6. The predicted octanol–water partition coefficient (Wildman–Crippen LogP) is 1.84. The standard InChI is InChI=1S/C8H10F2N2O/c1-6(5-13)4-12-7(11-3)8(2,9)10/h4-5H,3H2,1-2H3/b6-4+,12-7?. The van der Waals surface area contributed by atoms with Gasteiger partial charge in [0.1, 0.15) is 6.29 Å². The fourth-order valence-electron chi connectivity index (χ4n) is 0.486. The molecule has 0 aliphatic rings. The maximum Gasteiger partial charge on any atom is 0.303 e. The summed E-state index contributed by atoms with van der Waals surface area (Å²) in [4.78, 5) is 16.5. The van der Waals surface area contributed by atoms with Crippen molar-refractivity contribution in [2.24, 2.45) is 9.98 Å². The minimum absolute atomic E-state index is 0.241. The molecule has 0 rings (SSSR count). The molecule has 0 heterocycles. The lowest BCUT2D eigenvalue weighted by Gasteiger charge is -2.07. The van der Waals surface area contributed by atoms with E-state index < -0.39 is 11.8 Å². The Labute approximate surface area is 74.9 Å². The predicted molar refractivity (Wildman–Crippen MR) is 47.4 cm³/mol. The molecule has 0 bridgehead atoms. The Kier molecular flexibility index (Phi) is 4.10. The number of allylic oxidation sites excluding steroid dienone is 1. The Balaban J connectivity index is 4.79. The van der Waals surface area contributed by atoms with E-state index in [2.05, 4.69) is 16.7 Å². The molecule has 0 aromatic rings. The van der Waals surface area contributed by atoms with Gasteiger partial charge >= 0.3 is 5.92 Å². The molecule has 0 aromatic carbocycles. The number of aldehydes is 1. The summed E-state index contributed by atoms with van der Waals surface area (Å²) >= 11 is 0. The van der Waals surface area contributed by atoms with Crippen molar-refractivity contribution in [1.82, 2.24) is 0 Å². The summed E-state index contributed by atoms with van der Waals surface area (Å²) in [7, 11) is 0. The van der Waals surface area contributed by atoms with Crippen LogP contribution in [-0.2, 0) is 4.79 Å². The van der Waals surface area contributed by atoms with Crippen LogP contribution in [0.1, 0.15) is 13.8 Å². The molecule has 0 N–H and O–H groups in total. The number of hydrogen-bond donors (Lipinski definition) is 0. The fourth-order valence-corrected chi connectivity index (χ4v) is 0.486. The van der Waals surface area contributed by atoms with Crippen molar-refractivity contribution >= 4 is 18.8 Å². The Morgan fingerprint density at radius 3 is 2.38 bits per heavy atom. The minimum atomic E-state index is -3.14. The normalized spacial score (nSPS) is 14.2. The van der Waals surface area contributed by atoms with Gasteiger partial charge in [0.25, 0.3) is 0 Å². The molecule has 0 spiro atoms. The van der Waals surface area contributed by atoms with Gasteiger partial charge in [0, 0.05) is 18.7 Å². The fraction of sp³-hybridized carbons (Fsp3) is 0.375. The van der Waals surface area contributed by atoms with Crippen LogP contribution in [0.3, 0.4) is 0 Å². The lowest BCUT2D eigenvalue weighted by molar-refractivity contribution is -0.104. The summed E-state index contributed by atoms with van der Waals surface area (Å²) < 4.78 is 25.1. The highest BCUT2D eigenvalue weighted by Crippen LogP contribution is 2.15. The summed E-state index contributed by atoms with van der Waals surface area (Å²) in [6, 6.07) is 0. The van der Waals surface area contributed by atoms with Crippen molar-refractivity contribution < 1.29 is 13.6 Å². The summed E-state index contributed by atoms with van der Waals surface area (Å²) in [5, 5.41) is 0. The van der Waals surface area contributed by atoms with E-state index in [4.69, 9.17) is 0 Å². The van der Waals surface area contributed by atoms with E-state index in [0.717, 1.165) is 6.20 Å². The number of alkyl halides is 2. The molecule has 0 radical (unpaired) electrons. The molecular weight excluding hydrogens is 178 g/mol. The molecule has 0 aliphatic carbocycles. The van der Waals surface area contributed by atoms with Crippen molar-refractivity contribution in [3.05, 3.63) is 11.8 Å². The molecule has 5 heteroatoms. The van der Waals surface area contributed by atoms with Gasteiger partial charge in [0.2, 0.25) is 0 Å². The first-order chi connectivity index (χ1) is 5.91. The average molecular weight is 188 g/mol. The molecule has 0 saturated heterocycles. The third-order valence-electron chi connectivity index (χ3n) is 1.12. The minimum Gasteiger partial charge on any atom is -0.298 e. The summed E-state index contributed by atoms with van der Waals surface area (Å²) in [6.45, 7) is 5.06. The molecule has 0 aliphatic heterocycles. The molecule has 72 valence electrons. The largest absolute Gasteiger partial charge is 0.303 e. The SMILES string of the molecule is C=NC(=N/C=C(\C)C=O)C(C)(F)F. The van der Waals surface area contributed by atoms with Crippen LogP contribution >= 0.6 is 0 Å². The van der Waals surface area contributed by atoms with E-state index in [9.17, 15) is 13.6 Å². The number of carbonyl (C=O) groups excluding carboxylic acids is 1. The van der Waals surface area contributed by atoms with Gasteiger partial charge in [-0.15, -0.1) is 0 Å². The van der Waals surface area contributed by atoms with Gasteiger partial charge < -0.3 is 0 Å². The van der Waals surface area contributed by atoms with Crippen molar-refractivity contribution in [1.29, 1.82) is 0 Å². The number of rotatable bonds is 3. The van der Waals surface area contributed by atoms with Crippen LogP contribution in [0.2, 0.25) is 0 Å². The third kappa shape index (κ3) is 4.25. The molecule has 0 saturated carbocycles. The van der Waals surface area contributed by atoms with E-state index in [1.54, 1.807) is 0 Å². The monoisotopic (exact) mass is 188 g/mol. The highest BCUT2D eigenvalue weighted by atomic mass is 19.3. The summed E-state index contributed by atoms with van der Waals surface area (Å²) in [6.07, 6.45) is 1.53. The van der Waals surface area contributed by atoms with Gasteiger partial charge in [0.05, 0.1) is 0 Å². The van der Waals surface area contributed by atoms with E-state index >= 15 is 0 Å². The molecule has 0 aromatic heterocycles.